The van der Waals surface area contributed by atoms with Gasteiger partial charge >= 0.3 is 5.97 Å². The quantitative estimate of drug-likeness (QED) is 0.498. The van der Waals surface area contributed by atoms with Gasteiger partial charge in [0, 0.05) is 23.2 Å². The SMILES string of the molecule is CC(=O)O[C@H]1CC[C@@H]2[C@@H]3CC=C4C(C)(C)C(=O)C=C[C@]4(C)[C@@H]3CC[C@@]12C. The highest BCUT2D eigenvalue weighted by Crippen LogP contribution is 2.65. The molecule has 3 heteroatoms. The summed E-state index contributed by atoms with van der Waals surface area (Å²) in [5, 5.41) is 0. The highest BCUT2D eigenvalue weighted by molar-refractivity contribution is 5.98. The second kappa shape index (κ2) is 5.56. The van der Waals surface area contributed by atoms with Crippen LogP contribution in [0.1, 0.15) is 66.7 Å². The second-order valence-corrected chi connectivity index (χ2v) is 10.1. The molecule has 0 aromatic rings. The van der Waals surface area contributed by atoms with Crippen LogP contribution in [0.4, 0.5) is 0 Å². The molecule has 3 nitrogen and oxygen atoms in total. The summed E-state index contributed by atoms with van der Waals surface area (Å²) in [4.78, 5) is 24.0. The van der Waals surface area contributed by atoms with Gasteiger partial charge in [-0.25, -0.2) is 0 Å². The largest absolute Gasteiger partial charge is 0.462 e. The monoisotopic (exact) mass is 356 g/mol. The van der Waals surface area contributed by atoms with E-state index in [9.17, 15) is 9.59 Å². The van der Waals surface area contributed by atoms with Crippen LogP contribution < -0.4 is 0 Å². The Kier molecular flexibility index (Phi) is 3.85. The van der Waals surface area contributed by atoms with E-state index in [2.05, 4.69) is 39.8 Å². The molecule has 6 atom stereocenters. The van der Waals surface area contributed by atoms with E-state index in [0.717, 1.165) is 32.1 Å². The molecule has 0 aromatic heterocycles. The maximum absolute atomic E-state index is 12.5. The fraction of sp³-hybridized carbons (Fsp3) is 0.739. The third-order valence-electron chi connectivity index (χ3n) is 8.47. The molecular formula is C23H32O3. The molecule has 4 aliphatic rings. The molecule has 0 aromatic carbocycles. The zero-order chi connectivity index (χ0) is 18.9. The van der Waals surface area contributed by atoms with Crippen molar-refractivity contribution in [2.75, 3.05) is 0 Å². The summed E-state index contributed by atoms with van der Waals surface area (Å²) in [5.41, 5.74) is 1.04. The Hall–Kier alpha value is -1.38. The molecule has 0 bridgehead atoms. The van der Waals surface area contributed by atoms with Crippen LogP contribution in [0.3, 0.4) is 0 Å². The summed E-state index contributed by atoms with van der Waals surface area (Å²) in [6.45, 7) is 10.4. The Bertz CT molecular complexity index is 715. The second-order valence-electron chi connectivity index (χ2n) is 10.1. The Balaban J connectivity index is 1.69. The summed E-state index contributed by atoms with van der Waals surface area (Å²) in [6, 6.07) is 0. The number of rotatable bonds is 1. The summed E-state index contributed by atoms with van der Waals surface area (Å²) in [6.07, 6.45) is 12.0. The van der Waals surface area contributed by atoms with E-state index in [4.69, 9.17) is 4.74 Å². The number of fused-ring (bicyclic) bond motifs is 5. The summed E-state index contributed by atoms with van der Waals surface area (Å²) >= 11 is 0. The molecule has 0 heterocycles. The van der Waals surface area contributed by atoms with Crippen molar-refractivity contribution in [1.82, 2.24) is 0 Å². The lowest BCUT2D eigenvalue weighted by Crippen LogP contribution is -2.52. The lowest BCUT2D eigenvalue weighted by Gasteiger charge is -2.58. The molecule has 26 heavy (non-hydrogen) atoms. The first-order chi connectivity index (χ1) is 12.1. The Labute approximate surface area is 157 Å². The summed E-state index contributed by atoms with van der Waals surface area (Å²) in [5.74, 6) is 1.90. The number of carbonyl (C=O) groups excluding carboxylic acids is 2. The number of allylic oxidation sites excluding steroid dienone is 4. The maximum atomic E-state index is 12.5. The molecule has 0 spiro atoms. The lowest BCUT2D eigenvalue weighted by atomic mass is 9.46. The predicted octanol–water partition coefficient (Wildman–Crippen LogP) is 4.86. The van der Waals surface area contributed by atoms with Gasteiger partial charge in [-0.15, -0.1) is 0 Å². The molecule has 0 aliphatic heterocycles. The fourth-order valence-corrected chi connectivity index (χ4v) is 7.11. The minimum Gasteiger partial charge on any atom is -0.462 e. The first-order valence-electron chi connectivity index (χ1n) is 10.2. The van der Waals surface area contributed by atoms with Crippen LogP contribution in [0.25, 0.3) is 0 Å². The number of hydrogen-bond donors (Lipinski definition) is 0. The van der Waals surface area contributed by atoms with Gasteiger partial charge in [0.15, 0.2) is 5.78 Å². The number of carbonyl (C=O) groups is 2. The molecule has 0 saturated heterocycles. The maximum Gasteiger partial charge on any atom is 0.302 e. The summed E-state index contributed by atoms with van der Waals surface area (Å²) < 4.78 is 5.73. The number of ketones is 1. The smallest absolute Gasteiger partial charge is 0.302 e. The molecule has 0 radical (unpaired) electrons. The zero-order valence-corrected chi connectivity index (χ0v) is 16.8. The third-order valence-corrected chi connectivity index (χ3v) is 8.47. The van der Waals surface area contributed by atoms with Gasteiger partial charge in [-0.3, -0.25) is 9.59 Å². The molecule has 4 aliphatic carbocycles. The molecular weight excluding hydrogens is 324 g/mol. The molecule has 2 saturated carbocycles. The first-order valence-corrected chi connectivity index (χ1v) is 10.2. The van der Waals surface area contributed by atoms with Gasteiger partial charge in [-0.1, -0.05) is 31.6 Å². The van der Waals surface area contributed by atoms with Gasteiger partial charge in [0.1, 0.15) is 6.10 Å². The fourth-order valence-electron chi connectivity index (χ4n) is 7.11. The topological polar surface area (TPSA) is 43.4 Å². The zero-order valence-electron chi connectivity index (χ0n) is 16.8. The van der Waals surface area contributed by atoms with Gasteiger partial charge in [0.2, 0.25) is 0 Å². The molecule has 0 N–H and O–H groups in total. The van der Waals surface area contributed by atoms with Crippen molar-refractivity contribution in [3.63, 3.8) is 0 Å². The molecule has 0 amide bonds. The van der Waals surface area contributed by atoms with Crippen LogP contribution in [0.2, 0.25) is 0 Å². The van der Waals surface area contributed by atoms with E-state index < -0.39 is 0 Å². The lowest BCUT2D eigenvalue weighted by molar-refractivity contribution is -0.156. The van der Waals surface area contributed by atoms with Crippen LogP contribution in [-0.2, 0) is 14.3 Å². The standard InChI is InChI=1S/C23H32O3/c1-14(24)26-20-9-7-16-15-6-8-18-21(2,3)19(25)11-13-22(18,4)17(15)10-12-23(16,20)5/h8,11,13,15-17,20H,6-7,9-10,12H2,1-5H3/t15-,16+,17+,20-,22+,23+/m0/s1. The van der Waals surface area contributed by atoms with Gasteiger partial charge in [0.05, 0.1) is 0 Å². The van der Waals surface area contributed by atoms with Crippen LogP contribution >= 0.6 is 0 Å². The van der Waals surface area contributed by atoms with Crippen molar-refractivity contribution in [1.29, 1.82) is 0 Å². The van der Waals surface area contributed by atoms with Crippen molar-refractivity contribution in [2.45, 2.75) is 72.8 Å². The Morgan fingerprint density at radius 2 is 1.85 bits per heavy atom. The molecule has 4 rings (SSSR count). The van der Waals surface area contributed by atoms with Crippen LogP contribution in [0, 0.1) is 34.0 Å². The van der Waals surface area contributed by atoms with Crippen molar-refractivity contribution in [3.8, 4) is 0 Å². The van der Waals surface area contributed by atoms with E-state index in [1.165, 1.54) is 12.5 Å². The van der Waals surface area contributed by atoms with E-state index in [1.54, 1.807) is 0 Å². The minimum atomic E-state index is -0.384. The summed E-state index contributed by atoms with van der Waals surface area (Å²) in [7, 11) is 0. The van der Waals surface area contributed by atoms with Crippen LogP contribution in [-0.4, -0.2) is 17.9 Å². The van der Waals surface area contributed by atoms with E-state index in [-0.39, 0.29) is 34.1 Å². The van der Waals surface area contributed by atoms with Crippen molar-refractivity contribution in [3.05, 3.63) is 23.8 Å². The molecule has 142 valence electrons. The molecule has 0 unspecified atom stereocenters. The highest BCUT2D eigenvalue weighted by Gasteiger charge is 2.60. The van der Waals surface area contributed by atoms with Gasteiger partial charge < -0.3 is 4.74 Å². The number of esters is 1. The number of ether oxygens (including phenoxy) is 1. The van der Waals surface area contributed by atoms with Crippen molar-refractivity contribution < 1.29 is 14.3 Å². The minimum absolute atomic E-state index is 0.0127. The van der Waals surface area contributed by atoms with E-state index >= 15 is 0 Å². The highest BCUT2D eigenvalue weighted by atomic mass is 16.5. The average molecular weight is 357 g/mol. The van der Waals surface area contributed by atoms with E-state index in [1.807, 2.05) is 6.08 Å². The van der Waals surface area contributed by atoms with Gasteiger partial charge in [-0.05, 0) is 69.8 Å². The Morgan fingerprint density at radius 3 is 2.54 bits per heavy atom. The first kappa shape index (κ1) is 18.0. The average Bonchev–Trinajstić information content (AvgIpc) is 2.88. The molecule has 2 fully saturated rings. The van der Waals surface area contributed by atoms with Crippen molar-refractivity contribution in [2.24, 2.45) is 34.0 Å². The van der Waals surface area contributed by atoms with Crippen LogP contribution in [0.5, 0.6) is 0 Å². The van der Waals surface area contributed by atoms with Gasteiger partial charge in [-0.2, -0.15) is 0 Å². The Morgan fingerprint density at radius 1 is 1.12 bits per heavy atom. The normalized spacial score (nSPS) is 46.0. The van der Waals surface area contributed by atoms with Crippen molar-refractivity contribution >= 4 is 11.8 Å². The third kappa shape index (κ3) is 2.25. The predicted molar refractivity (Wildman–Crippen MR) is 101 cm³/mol. The van der Waals surface area contributed by atoms with E-state index in [0.29, 0.717) is 17.8 Å². The van der Waals surface area contributed by atoms with Gasteiger partial charge in [0.25, 0.3) is 0 Å². The number of hydrogen-bond acceptors (Lipinski definition) is 3. The van der Waals surface area contributed by atoms with Crippen LogP contribution in [0.15, 0.2) is 23.8 Å².